The highest BCUT2D eigenvalue weighted by atomic mass is 15.1. The number of hydrogen-bond acceptors (Lipinski definition) is 5. The first kappa shape index (κ1) is 40.5. The van der Waals surface area contributed by atoms with Crippen LogP contribution in [0.5, 0.6) is 0 Å². The first-order chi connectivity index (χ1) is 31.0. The molecule has 7 aromatic carbocycles. The largest absolute Gasteiger partial charge is 0.308 e. The molecule has 6 heteroatoms. The second kappa shape index (κ2) is 16.0. The Morgan fingerprint density at radius 1 is 0.312 bits per heavy atom. The van der Waals surface area contributed by atoms with Gasteiger partial charge in [-0.15, -0.1) is 0 Å². The third-order valence-corrected chi connectivity index (χ3v) is 13.6. The summed E-state index contributed by atoms with van der Waals surface area (Å²) in [6, 6.07) is 47.7. The van der Waals surface area contributed by atoms with Crippen LogP contribution in [0.4, 0.5) is 0 Å². The van der Waals surface area contributed by atoms with Gasteiger partial charge in [0.1, 0.15) is 0 Å². The number of aryl methyl sites for hydroxylation is 5. The summed E-state index contributed by atoms with van der Waals surface area (Å²) in [6.07, 6.45) is 0. The van der Waals surface area contributed by atoms with Crippen molar-refractivity contribution >= 4 is 21.8 Å². The maximum absolute atomic E-state index is 5.40. The van der Waals surface area contributed by atoms with Crippen molar-refractivity contribution in [1.29, 1.82) is 0 Å². The van der Waals surface area contributed by atoms with E-state index < -0.39 is 0 Å². The average molecular weight is 831 g/mol. The van der Waals surface area contributed by atoms with Gasteiger partial charge in [-0.1, -0.05) is 121 Å². The Morgan fingerprint density at radius 2 is 0.688 bits per heavy atom. The Kier molecular flexibility index (Phi) is 10.1. The van der Waals surface area contributed by atoms with Gasteiger partial charge in [0, 0.05) is 44.2 Å². The van der Waals surface area contributed by atoms with E-state index in [9.17, 15) is 0 Å². The van der Waals surface area contributed by atoms with Gasteiger partial charge in [0.25, 0.3) is 0 Å². The summed E-state index contributed by atoms with van der Waals surface area (Å²) in [5.74, 6) is 2.46. The van der Waals surface area contributed by atoms with Crippen molar-refractivity contribution in [1.82, 2.24) is 29.5 Å². The molecule has 6 nitrogen and oxygen atoms in total. The van der Waals surface area contributed by atoms with E-state index in [-0.39, 0.29) is 0 Å². The maximum atomic E-state index is 5.40. The zero-order chi connectivity index (χ0) is 44.4. The van der Waals surface area contributed by atoms with Crippen LogP contribution in [0.2, 0.25) is 0 Å². The van der Waals surface area contributed by atoms with E-state index in [0.717, 1.165) is 56.0 Å². The second-order valence-corrected chi connectivity index (χ2v) is 17.2. The van der Waals surface area contributed by atoms with Crippen LogP contribution in [0.1, 0.15) is 50.1 Å². The predicted molar refractivity (Wildman–Crippen MR) is 265 cm³/mol. The van der Waals surface area contributed by atoms with Crippen LogP contribution in [-0.4, -0.2) is 29.5 Å². The molecule has 312 valence electrons. The van der Waals surface area contributed by atoms with Crippen LogP contribution in [-0.2, 0) is 0 Å². The zero-order valence-corrected chi connectivity index (χ0v) is 38.0. The molecule has 0 bridgehead atoms. The summed E-state index contributed by atoms with van der Waals surface area (Å²) in [7, 11) is 0. The smallest absolute Gasteiger partial charge is 0.166 e. The van der Waals surface area contributed by atoms with E-state index in [0.29, 0.717) is 23.3 Å². The Hall–Kier alpha value is -7.57. The fourth-order valence-electron chi connectivity index (χ4n) is 9.43. The van der Waals surface area contributed by atoms with Gasteiger partial charge in [-0.2, -0.15) is 0 Å². The number of hydrogen-bond donors (Lipinski definition) is 0. The van der Waals surface area contributed by atoms with E-state index in [1.807, 2.05) is 60.7 Å². The normalized spacial score (nSPS) is 11.5. The SMILES string of the molecule is Cc1cc(-n2c3c(C)c(C)c(C)c(C)c3c3c(C)c(C)c(C)c(C)c32)c(-c2nc(-c3ccccc3)nc(-c3ccccc3)n2)cc1-c1cc(-c2ccccc2)nc(-c2ccccc2)n1. The highest BCUT2D eigenvalue weighted by Gasteiger charge is 2.27. The third kappa shape index (κ3) is 6.69. The van der Waals surface area contributed by atoms with E-state index in [1.54, 1.807) is 0 Å². The number of fused-ring (bicyclic) bond motifs is 3. The molecule has 10 aromatic rings. The minimum Gasteiger partial charge on any atom is -0.308 e. The number of aromatic nitrogens is 6. The van der Waals surface area contributed by atoms with Crippen LogP contribution in [0.25, 0.3) is 95.6 Å². The maximum Gasteiger partial charge on any atom is 0.166 e. The lowest BCUT2D eigenvalue weighted by Gasteiger charge is -2.21. The van der Waals surface area contributed by atoms with Crippen molar-refractivity contribution in [2.75, 3.05) is 0 Å². The molecule has 0 aliphatic carbocycles. The molecule has 0 spiro atoms. The fourth-order valence-corrected chi connectivity index (χ4v) is 9.43. The number of nitrogens with zero attached hydrogens (tertiary/aromatic N) is 6. The summed E-state index contributed by atoms with van der Waals surface area (Å²) in [6.45, 7) is 20.4. The lowest BCUT2D eigenvalue weighted by Crippen LogP contribution is -2.07. The van der Waals surface area contributed by atoms with Crippen molar-refractivity contribution in [2.45, 2.75) is 62.3 Å². The van der Waals surface area contributed by atoms with E-state index in [4.69, 9.17) is 24.9 Å². The Bertz CT molecular complexity index is 3250. The highest BCUT2D eigenvalue weighted by molar-refractivity contribution is 6.16. The molecule has 0 aliphatic rings. The minimum atomic E-state index is 0.580. The lowest BCUT2D eigenvalue weighted by molar-refractivity contribution is 1.06. The van der Waals surface area contributed by atoms with Crippen molar-refractivity contribution < 1.29 is 0 Å². The molecular formula is C58H50N6. The van der Waals surface area contributed by atoms with Gasteiger partial charge in [-0.3, -0.25) is 0 Å². The lowest BCUT2D eigenvalue weighted by atomic mass is 9.90. The Morgan fingerprint density at radius 3 is 1.14 bits per heavy atom. The average Bonchev–Trinajstić information content (AvgIpc) is 3.71. The standard InChI is InChI=1S/C58H50N6/c1-33-30-50(64-53-40(8)36(4)34(2)38(6)51(53)52-39(7)35(3)37(5)41(9)54(52)64)47(58-62-56(44-26-18-12-19-27-44)61-57(63-58)45-28-20-13-21-29-45)31-46(33)49-32-48(42-22-14-10-15-23-42)59-55(60-49)43-24-16-11-17-25-43/h10-32H,1-9H3. The van der Waals surface area contributed by atoms with Gasteiger partial charge in [0.05, 0.1) is 28.1 Å². The molecule has 0 fully saturated rings. The molecule has 0 aliphatic heterocycles. The number of benzene rings is 7. The molecule has 0 unspecified atom stereocenters. The Labute approximate surface area is 375 Å². The van der Waals surface area contributed by atoms with Crippen molar-refractivity contribution in [3.05, 3.63) is 190 Å². The summed E-state index contributed by atoms with van der Waals surface area (Å²) in [5, 5.41) is 2.60. The van der Waals surface area contributed by atoms with E-state index in [2.05, 4.69) is 146 Å². The van der Waals surface area contributed by atoms with Crippen LogP contribution in [0, 0.1) is 62.3 Å². The summed E-state index contributed by atoms with van der Waals surface area (Å²) in [5.41, 5.74) is 22.2. The molecule has 0 N–H and O–H groups in total. The van der Waals surface area contributed by atoms with Gasteiger partial charge in [-0.25, -0.2) is 24.9 Å². The first-order valence-corrected chi connectivity index (χ1v) is 22.0. The van der Waals surface area contributed by atoms with Gasteiger partial charge in [0.2, 0.25) is 0 Å². The van der Waals surface area contributed by atoms with Crippen molar-refractivity contribution in [3.63, 3.8) is 0 Å². The van der Waals surface area contributed by atoms with Crippen LogP contribution in [0.15, 0.2) is 140 Å². The molecule has 0 saturated heterocycles. The van der Waals surface area contributed by atoms with Gasteiger partial charge in [-0.05, 0) is 131 Å². The van der Waals surface area contributed by atoms with E-state index >= 15 is 0 Å². The molecule has 0 saturated carbocycles. The molecule has 10 rings (SSSR count). The molecular weight excluding hydrogens is 781 g/mol. The Balaban J connectivity index is 1.37. The molecule has 3 heterocycles. The summed E-state index contributed by atoms with van der Waals surface area (Å²) >= 11 is 0. The van der Waals surface area contributed by atoms with E-state index in [1.165, 1.54) is 66.3 Å². The van der Waals surface area contributed by atoms with Crippen molar-refractivity contribution in [2.24, 2.45) is 0 Å². The fraction of sp³-hybridized carbons (Fsp3) is 0.155. The van der Waals surface area contributed by atoms with Crippen LogP contribution >= 0.6 is 0 Å². The third-order valence-electron chi connectivity index (χ3n) is 13.6. The number of rotatable bonds is 7. The summed E-state index contributed by atoms with van der Waals surface area (Å²) in [4.78, 5) is 26.4. The van der Waals surface area contributed by atoms with Crippen LogP contribution < -0.4 is 0 Å². The second-order valence-electron chi connectivity index (χ2n) is 17.2. The molecule has 0 atom stereocenters. The molecule has 64 heavy (non-hydrogen) atoms. The monoisotopic (exact) mass is 830 g/mol. The van der Waals surface area contributed by atoms with Crippen molar-refractivity contribution in [3.8, 4) is 73.8 Å². The molecule has 0 radical (unpaired) electrons. The zero-order valence-electron chi connectivity index (χ0n) is 38.0. The van der Waals surface area contributed by atoms with Gasteiger partial charge >= 0.3 is 0 Å². The summed E-state index contributed by atoms with van der Waals surface area (Å²) < 4.78 is 2.53. The van der Waals surface area contributed by atoms with Gasteiger partial charge in [0.15, 0.2) is 23.3 Å². The molecule has 3 aromatic heterocycles. The predicted octanol–water partition coefficient (Wildman–Crippen LogP) is 14.5. The minimum absolute atomic E-state index is 0.580. The van der Waals surface area contributed by atoms with Crippen LogP contribution in [0.3, 0.4) is 0 Å². The molecule has 0 amide bonds. The quantitative estimate of drug-likeness (QED) is 0.160. The van der Waals surface area contributed by atoms with Gasteiger partial charge < -0.3 is 4.57 Å². The topological polar surface area (TPSA) is 69.4 Å². The first-order valence-electron chi connectivity index (χ1n) is 22.0. The highest BCUT2D eigenvalue weighted by Crippen LogP contribution is 2.46.